The first-order valence-electron chi connectivity index (χ1n) is 5.00. The number of ether oxygens (including phenoxy) is 1. The Kier molecular flexibility index (Phi) is 5.30. The molecular weight excluding hydrogens is 253 g/mol. The molecule has 96 valence electrons. The number of hydrogen-bond acceptors (Lipinski definition) is 3. The Bertz CT molecular complexity index is 353. The lowest BCUT2D eigenvalue weighted by molar-refractivity contribution is -0.322. The van der Waals surface area contributed by atoms with E-state index in [1.807, 2.05) is 0 Å². The molecule has 0 aliphatic carbocycles. The maximum absolute atomic E-state index is 11.7. The lowest BCUT2D eigenvalue weighted by Gasteiger charge is -2.08. The smallest absolute Gasteiger partial charge is 0.389 e. The van der Waals surface area contributed by atoms with Gasteiger partial charge in [-0.3, -0.25) is 4.74 Å². The first kappa shape index (κ1) is 14.3. The number of hydrogen-bond donors (Lipinski definition) is 1. The molecule has 0 aromatic heterocycles. The van der Waals surface area contributed by atoms with E-state index in [-0.39, 0.29) is 12.4 Å². The van der Waals surface area contributed by atoms with E-state index in [0.29, 0.717) is 0 Å². The highest BCUT2D eigenvalue weighted by Gasteiger charge is 2.28. The normalized spacial score (nSPS) is 13.7. The van der Waals surface area contributed by atoms with Crippen LogP contribution in [-0.4, -0.2) is 23.8 Å². The quantitative estimate of drug-likeness (QED) is 0.654. The van der Waals surface area contributed by atoms with Crippen LogP contribution in [0.3, 0.4) is 0 Å². The van der Waals surface area contributed by atoms with E-state index in [4.69, 9.17) is 0 Å². The van der Waals surface area contributed by atoms with Gasteiger partial charge in [0.25, 0.3) is 0 Å². The molecule has 0 bridgehead atoms. The summed E-state index contributed by atoms with van der Waals surface area (Å²) in [5.74, 6) is 0.211. The minimum atomic E-state index is -4.57. The van der Waals surface area contributed by atoms with Crippen molar-refractivity contribution in [1.29, 1.82) is 0 Å². The van der Waals surface area contributed by atoms with E-state index < -0.39 is 12.5 Å². The van der Waals surface area contributed by atoms with Gasteiger partial charge in [-0.25, -0.2) is 0 Å². The van der Waals surface area contributed by atoms with E-state index in [0.717, 1.165) is 10.5 Å². The van der Waals surface area contributed by atoms with Crippen molar-refractivity contribution in [2.75, 3.05) is 12.4 Å². The predicted molar refractivity (Wildman–Crippen MR) is 59.8 cm³/mol. The molecule has 1 atom stereocenters. The molecule has 1 N–H and O–H groups in total. The third-order valence-electron chi connectivity index (χ3n) is 1.96. The number of aliphatic hydroxyl groups is 1. The zero-order valence-electron chi connectivity index (χ0n) is 9.20. The summed E-state index contributed by atoms with van der Waals surface area (Å²) >= 11 is 1.26. The van der Waals surface area contributed by atoms with Gasteiger partial charge in [-0.1, -0.05) is 12.1 Å². The van der Waals surface area contributed by atoms with Gasteiger partial charge < -0.3 is 5.11 Å². The monoisotopic (exact) mass is 266 g/mol. The summed E-state index contributed by atoms with van der Waals surface area (Å²) in [6.07, 6.45) is -5.15. The fourth-order valence-corrected chi connectivity index (χ4v) is 1.98. The number of alkyl halides is 3. The Morgan fingerprint density at radius 3 is 2.71 bits per heavy atom. The lowest BCUT2D eigenvalue weighted by Crippen LogP contribution is -2.15. The van der Waals surface area contributed by atoms with Crippen molar-refractivity contribution >= 4 is 11.8 Å². The van der Waals surface area contributed by atoms with Gasteiger partial charge >= 0.3 is 6.36 Å². The second-order valence-electron chi connectivity index (χ2n) is 3.39. The fraction of sp³-hybridized carbons (Fsp3) is 0.455. The van der Waals surface area contributed by atoms with Crippen LogP contribution in [0.2, 0.25) is 0 Å². The Morgan fingerprint density at radius 2 is 2.12 bits per heavy atom. The van der Waals surface area contributed by atoms with E-state index in [9.17, 15) is 18.3 Å². The maximum atomic E-state index is 11.7. The second-order valence-corrected chi connectivity index (χ2v) is 4.56. The van der Waals surface area contributed by atoms with Crippen LogP contribution in [-0.2, 0) is 4.74 Å². The van der Waals surface area contributed by atoms with Gasteiger partial charge in [0.05, 0.1) is 12.7 Å². The van der Waals surface area contributed by atoms with Gasteiger partial charge in [0.15, 0.2) is 0 Å². The van der Waals surface area contributed by atoms with Crippen LogP contribution >= 0.6 is 11.8 Å². The standard InChI is InChI=1S/C11H13F3O2S/c1-8(15)9-3-2-4-10(7-9)17-6-5-16-11(12,13)14/h2-4,7-8,15H,5-6H2,1H3. The van der Waals surface area contributed by atoms with Crippen molar-refractivity contribution in [1.82, 2.24) is 0 Å². The average molecular weight is 266 g/mol. The Hall–Kier alpha value is -0.720. The van der Waals surface area contributed by atoms with Crippen molar-refractivity contribution in [2.45, 2.75) is 24.3 Å². The molecule has 17 heavy (non-hydrogen) atoms. The van der Waals surface area contributed by atoms with Crippen molar-refractivity contribution in [3.63, 3.8) is 0 Å². The minimum Gasteiger partial charge on any atom is -0.389 e. The molecule has 0 aliphatic heterocycles. The molecule has 0 fully saturated rings. The number of benzene rings is 1. The fourth-order valence-electron chi connectivity index (χ4n) is 1.18. The molecule has 0 saturated heterocycles. The van der Waals surface area contributed by atoms with Crippen LogP contribution in [0, 0.1) is 0 Å². The lowest BCUT2D eigenvalue weighted by atomic mass is 10.1. The van der Waals surface area contributed by atoms with E-state index in [2.05, 4.69) is 4.74 Å². The summed E-state index contributed by atoms with van der Waals surface area (Å²) < 4.78 is 38.7. The van der Waals surface area contributed by atoms with Crippen LogP contribution in [0.5, 0.6) is 0 Å². The minimum absolute atomic E-state index is 0.211. The molecule has 1 unspecified atom stereocenters. The van der Waals surface area contributed by atoms with Gasteiger partial charge in [-0.15, -0.1) is 24.9 Å². The molecule has 1 rings (SSSR count). The van der Waals surface area contributed by atoms with Crippen molar-refractivity contribution in [3.8, 4) is 0 Å². The molecule has 0 saturated carbocycles. The zero-order chi connectivity index (χ0) is 12.9. The van der Waals surface area contributed by atoms with Gasteiger partial charge in [0.1, 0.15) is 0 Å². The highest BCUT2D eigenvalue weighted by molar-refractivity contribution is 7.99. The summed E-state index contributed by atoms with van der Waals surface area (Å²) in [4.78, 5) is 0.814. The zero-order valence-corrected chi connectivity index (χ0v) is 10.0. The topological polar surface area (TPSA) is 29.5 Å². The number of halogens is 3. The largest absolute Gasteiger partial charge is 0.522 e. The Labute approximate surface area is 102 Å². The summed E-state index contributed by atoms with van der Waals surface area (Å²) in [5, 5.41) is 9.34. The van der Waals surface area contributed by atoms with Crippen LogP contribution in [0.4, 0.5) is 13.2 Å². The molecule has 0 amide bonds. The Balaban J connectivity index is 2.39. The van der Waals surface area contributed by atoms with Crippen LogP contribution in [0.25, 0.3) is 0 Å². The van der Waals surface area contributed by atoms with Crippen LogP contribution < -0.4 is 0 Å². The van der Waals surface area contributed by atoms with E-state index >= 15 is 0 Å². The van der Waals surface area contributed by atoms with Crippen molar-refractivity contribution in [3.05, 3.63) is 29.8 Å². The molecule has 1 aromatic rings. The predicted octanol–water partition coefficient (Wildman–Crippen LogP) is 3.37. The summed E-state index contributed by atoms with van der Waals surface area (Å²) in [7, 11) is 0. The van der Waals surface area contributed by atoms with Gasteiger partial charge in [-0.05, 0) is 24.6 Å². The third-order valence-corrected chi connectivity index (χ3v) is 2.92. The SMILES string of the molecule is CC(O)c1cccc(SCCOC(F)(F)F)c1. The highest BCUT2D eigenvalue weighted by atomic mass is 32.2. The molecule has 0 spiro atoms. The molecule has 1 aromatic carbocycles. The summed E-state index contributed by atoms with van der Waals surface area (Å²) in [5.41, 5.74) is 0.742. The summed E-state index contributed by atoms with van der Waals surface area (Å²) in [6.45, 7) is 1.25. The average Bonchev–Trinajstić information content (AvgIpc) is 2.23. The number of rotatable bonds is 5. The maximum Gasteiger partial charge on any atom is 0.522 e. The van der Waals surface area contributed by atoms with Crippen molar-refractivity contribution in [2.24, 2.45) is 0 Å². The molecule has 2 nitrogen and oxygen atoms in total. The molecular formula is C11H13F3O2S. The van der Waals surface area contributed by atoms with E-state index in [1.54, 1.807) is 31.2 Å². The second kappa shape index (κ2) is 6.28. The first-order chi connectivity index (χ1) is 7.88. The number of thioether (sulfide) groups is 1. The molecule has 0 aliphatic rings. The third kappa shape index (κ3) is 5.95. The van der Waals surface area contributed by atoms with Gasteiger partial charge in [0, 0.05) is 10.6 Å². The summed E-state index contributed by atoms with van der Waals surface area (Å²) in [6, 6.07) is 7.06. The highest BCUT2D eigenvalue weighted by Crippen LogP contribution is 2.23. The van der Waals surface area contributed by atoms with Crippen LogP contribution in [0.1, 0.15) is 18.6 Å². The molecule has 6 heteroatoms. The molecule has 0 radical (unpaired) electrons. The Morgan fingerprint density at radius 1 is 1.41 bits per heavy atom. The first-order valence-corrected chi connectivity index (χ1v) is 5.98. The van der Waals surface area contributed by atoms with Crippen molar-refractivity contribution < 1.29 is 23.0 Å². The van der Waals surface area contributed by atoms with Gasteiger partial charge in [0.2, 0.25) is 0 Å². The molecule has 0 heterocycles. The van der Waals surface area contributed by atoms with Crippen LogP contribution in [0.15, 0.2) is 29.2 Å². The van der Waals surface area contributed by atoms with E-state index in [1.165, 1.54) is 11.8 Å². The number of aliphatic hydroxyl groups excluding tert-OH is 1. The van der Waals surface area contributed by atoms with Gasteiger partial charge in [-0.2, -0.15) is 0 Å².